The van der Waals surface area contributed by atoms with Crippen molar-refractivity contribution in [3.63, 3.8) is 0 Å². The number of unbranched alkanes of at least 4 members (excludes halogenated alkanes) is 7. The zero-order valence-corrected chi connectivity index (χ0v) is 14.3. The minimum atomic E-state index is -3.51. The molecule has 4 nitrogen and oxygen atoms in total. The highest BCUT2D eigenvalue weighted by molar-refractivity contribution is 7.90. The smallest absolute Gasteiger partial charge is 0.243 e. The van der Waals surface area contributed by atoms with E-state index in [9.17, 15) is 13.5 Å². The summed E-state index contributed by atoms with van der Waals surface area (Å²) in [6.07, 6.45) is 8.79. The largest absolute Gasteiger partial charge is 0.493 e. The maximum atomic E-state index is 12.1. The van der Waals surface area contributed by atoms with E-state index in [0.717, 1.165) is 28.2 Å². The van der Waals surface area contributed by atoms with Crippen molar-refractivity contribution < 1.29 is 13.5 Å². The van der Waals surface area contributed by atoms with Crippen molar-refractivity contribution >= 4 is 33.6 Å². The van der Waals surface area contributed by atoms with Crippen molar-refractivity contribution in [2.24, 2.45) is 0 Å². The van der Waals surface area contributed by atoms with E-state index < -0.39 is 10.0 Å². The molecular formula is C13H23NO3S3. The number of rotatable bonds is 10. The molecule has 0 unspecified atom stereocenters. The Morgan fingerprint density at radius 1 is 1.15 bits per heavy atom. The van der Waals surface area contributed by atoms with E-state index in [1.54, 1.807) is 0 Å². The number of aromatic nitrogens is 1. The minimum absolute atomic E-state index is 0.0422. The molecule has 0 saturated carbocycles. The van der Waals surface area contributed by atoms with Crippen LogP contribution in [0.5, 0.6) is 5.88 Å². The molecule has 1 heterocycles. The molecule has 0 bridgehead atoms. The summed E-state index contributed by atoms with van der Waals surface area (Å²) in [7, 11) is -3.51. The van der Waals surface area contributed by atoms with Crippen LogP contribution in [-0.4, -0.2) is 23.2 Å². The fraction of sp³-hybridized carbons (Fsp3) is 0.769. The van der Waals surface area contributed by atoms with Gasteiger partial charge in [0, 0.05) is 0 Å². The van der Waals surface area contributed by atoms with Gasteiger partial charge >= 0.3 is 0 Å². The number of hydrogen-bond donors (Lipinski definition) is 1. The molecule has 0 aliphatic heterocycles. The first-order chi connectivity index (χ1) is 9.49. The molecular weight excluding hydrogens is 314 g/mol. The third kappa shape index (κ3) is 5.54. The molecule has 1 rings (SSSR count). The van der Waals surface area contributed by atoms with Crippen LogP contribution in [0.3, 0.4) is 0 Å². The summed E-state index contributed by atoms with van der Waals surface area (Å²) in [6, 6.07) is 0. The second-order valence-corrected chi connectivity index (χ2v) is 8.36. The molecule has 0 atom stereocenters. The lowest BCUT2D eigenvalue weighted by Crippen LogP contribution is -2.16. The van der Waals surface area contributed by atoms with Gasteiger partial charge < -0.3 is 5.11 Å². The molecule has 1 N–H and O–H groups in total. The summed E-state index contributed by atoms with van der Waals surface area (Å²) in [6.45, 7) is 2.19. The molecule has 116 valence electrons. The maximum absolute atomic E-state index is 12.1. The molecule has 0 spiro atoms. The monoisotopic (exact) mass is 337 g/mol. The molecule has 7 heteroatoms. The Morgan fingerprint density at radius 2 is 1.70 bits per heavy atom. The number of thiazole rings is 1. The lowest BCUT2D eigenvalue weighted by atomic mass is 10.1. The zero-order chi connectivity index (χ0) is 15.0. The standard InChI is InChI=1S/C13H23NO3S3/c1-2-3-4-5-6-7-8-9-10-20(16,17)14-12(15)11-19-13(14)18/h11,15H,2-10H2,1H3. The molecule has 0 aromatic carbocycles. The van der Waals surface area contributed by atoms with Crippen LogP contribution in [0.25, 0.3) is 0 Å². The van der Waals surface area contributed by atoms with E-state index in [1.807, 2.05) is 0 Å². The van der Waals surface area contributed by atoms with E-state index in [2.05, 4.69) is 6.92 Å². The van der Waals surface area contributed by atoms with E-state index in [-0.39, 0.29) is 15.6 Å². The molecule has 0 saturated heterocycles. The summed E-state index contributed by atoms with van der Waals surface area (Å²) in [4.78, 5) is 0. The van der Waals surface area contributed by atoms with Gasteiger partial charge in [0.15, 0.2) is 3.95 Å². The Morgan fingerprint density at radius 3 is 2.20 bits per heavy atom. The first-order valence-electron chi connectivity index (χ1n) is 7.12. The highest BCUT2D eigenvalue weighted by atomic mass is 32.2. The molecule has 0 fully saturated rings. The predicted molar refractivity (Wildman–Crippen MR) is 86.6 cm³/mol. The van der Waals surface area contributed by atoms with Gasteiger partial charge in [-0.1, -0.05) is 51.9 Å². The molecule has 0 amide bonds. The Labute approximate surface area is 130 Å². The molecule has 20 heavy (non-hydrogen) atoms. The highest BCUT2D eigenvalue weighted by Crippen LogP contribution is 2.21. The third-order valence-corrected chi connectivity index (χ3v) is 6.32. The van der Waals surface area contributed by atoms with Crippen LogP contribution in [0.15, 0.2) is 5.38 Å². The van der Waals surface area contributed by atoms with E-state index >= 15 is 0 Å². The van der Waals surface area contributed by atoms with Crippen molar-refractivity contribution in [1.29, 1.82) is 0 Å². The van der Waals surface area contributed by atoms with Crippen LogP contribution in [0.2, 0.25) is 0 Å². The van der Waals surface area contributed by atoms with Crippen LogP contribution in [0.1, 0.15) is 58.3 Å². The molecule has 0 radical (unpaired) electrons. The van der Waals surface area contributed by atoms with Crippen molar-refractivity contribution in [3.05, 3.63) is 9.33 Å². The lowest BCUT2D eigenvalue weighted by Gasteiger charge is -2.06. The van der Waals surface area contributed by atoms with Gasteiger partial charge in [-0.25, -0.2) is 8.42 Å². The van der Waals surface area contributed by atoms with Gasteiger partial charge in [0.05, 0.1) is 11.1 Å². The van der Waals surface area contributed by atoms with Crippen LogP contribution in [-0.2, 0) is 10.0 Å². The minimum Gasteiger partial charge on any atom is -0.493 e. The van der Waals surface area contributed by atoms with Crippen LogP contribution in [0.4, 0.5) is 0 Å². The van der Waals surface area contributed by atoms with Gasteiger partial charge in [0.25, 0.3) is 0 Å². The van der Waals surface area contributed by atoms with Gasteiger partial charge in [-0.15, -0.1) is 11.3 Å². The molecule has 0 aliphatic carbocycles. The Kier molecular flexibility index (Phi) is 7.76. The number of nitrogens with zero attached hydrogens (tertiary/aromatic N) is 1. The zero-order valence-electron chi connectivity index (χ0n) is 11.9. The first kappa shape index (κ1) is 17.7. The summed E-state index contributed by atoms with van der Waals surface area (Å²) >= 11 is 5.99. The number of aromatic hydroxyl groups is 1. The van der Waals surface area contributed by atoms with Gasteiger partial charge in [-0.2, -0.15) is 3.97 Å². The molecule has 1 aromatic heterocycles. The summed E-state index contributed by atoms with van der Waals surface area (Å²) in [5.74, 6) is -0.236. The van der Waals surface area contributed by atoms with Crippen molar-refractivity contribution in [2.45, 2.75) is 58.3 Å². The van der Waals surface area contributed by atoms with Gasteiger partial charge in [-0.3, -0.25) is 0 Å². The third-order valence-electron chi connectivity index (χ3n) is 3.17. The Hall–Kier alpha value is -0.400. The van der Waals surface area contributed by atoms with Crippen molar-refractivity contribution in [1.82, 2.24) is 3.97 Å². The lowest BCUT2D eigenvalue weighted by molar-refractivity contribution is 0.444. The summed E-state index contributed by atoms with van der Waals surface area (Å²) in [5.41, 5.74) is 0. The van der Waals surface area contributed by atoms with Crippen LogP contribution in [0, 0.1) is 3.95 Å². The van der Waals surface area contributed by atoms with Gasteiger partial charge in [0.1, 0.15) is 0 Å². The second kappa shape index (κ2) is 8.79. The van der Waals surface area contributed by atoms with Crippen molar-refractivity contribution in [3.8, 4) is 5.88 Å². The number of hydrogen-bond acceptors (Lipinski definition) is 5. The van der Waals surface area contributed by atoms with Crippen LogP contribution < -0.4 is 0 Å². The van der Waals surface area contributed by atoms with Crippen LogP contribution >= 0.6 is 23.6 Å². The maximum Gasteiger partial charge on any atom is 0.243 e. The van der Waals surface area contributed by atoms with E-state index in [0.29, 0.717) is 6.42 Å². The average Bonchev–Trinajstić information content (AvgIpc) is 2.73. The average molecular weight is 338 g/mol. The Balaban J connectivity index is 2.30. The normalized spacial score (nSPS) is 11.8. The van der Waals surface area contributed by atoms with Gasteiger partial charge in [-0.05, 0) is 18.6 Å². The summed E-state index contributed by atoms with van der Waals surface area (Å²) < 4.78 is 25.2. The first-order valence-corrected chi connectivity index (χ1v) is 10.0. The Bertz CT molecular complexity index is 545. The second-order valence-electron chi connectivity index (χ2n) is 4.92. The van der Waals surface area contributed by atoms with Crippen molar-refractivity contribution in [2.75, 3.05) is 5.75 Å². The fourth-order valence-corrected chi connectivity index (χ4v) is 4.99. The predicted octanol–water partition coefficient (Wildman–Crippen LogP) is 4.30. The summed E-state index contributed by atoms with van der Waals surface area (Å²) in [5, 5.41) is 10.9. The topological polar surface area (TPSA) is 59.3 Å². The van der Waals surface area contributed by atoms with E-state index in [1.165, 1.54) is 37.5 Å². The van der Waals surface area contributed by atoms with Gasteiger partial charge in [0.2, 0.25) is 15.9 Å². The van der Waals surface area contributed by atoms with E-state index in [4.69, 9.17) is 12.2 Å². The molecule has 0 aliphatic rings. The quantitative estimate of drug-likeness (QED) is 0.511. The molecule has 1 aromatic rings. The highest BCUT2D eigenvalue weighted by Gasteiger charge is 2.18. The fourth-order valence-electron chi connectivity index (χ4n) is 2.06. The SMILES string of the molecule is CCCCCCCCCCS(=O)(=O)n1c(O)csc1=S.